The van der Waals surface area contributed by atoms with Crippen LogP contribution in [0.1, 0.15) is 33.1 Å². The predicted octanol–water partition coefficient (Wildman–Crippen LogP) is 1.10. The summed E-state index contributed by atoms with van der Waals surface area (Å²) in [6.45, 7) is 5.32. The first-order valence-corrected chi connectivity index (χ1v) is 4.53. The molecule has 66 valence electrons. The molecule has 0 aromatic rings. The third-order valence-electron chi connectivity index (χ3n) is 3.12. The molecule has 1 aliphatic carbocycles. The SMILES string of the molecule is CC1CC(C)(CN)CCC1N. The van der Waals surface area contributed by atoms with Crippen LogP contribution in [0.25, 0.3) is 0 Å². The molecule has 0 aromatic heterocycles. The van der Waals surface area contributed by atoms with Crippen molar-refractivity contribution in [1.82, 2.24) is 0 Å². The molecule has 3 atom stereocenters. The molecule has 1 rings (SSSR count). The van der Waals surface area contributed by atoms with Crippen molar-refractivity contribution in [3.8, 4) is 0 Å². The van der Waals surface area contributed by atoms with E-state index in [1.807, 2.05) is 0 Å². The number of nitrogens with two attached hydrogens (primary N) is 2. The average molecular weight is 156 g/mol. The van der Waals surface area contributed by atoms with Crippen molar-refractivity contribution in [3.63, 3.8) is 0 Å². The highest BCUT2D eigenvalue weighted by Crippen LogP contribution is 2.37. The van der Waals surface area contributed by atoms with Crippen LogP contribution >= 0.6 is 0 Å². The Kier molecular flexibility index (Phi) is 2.55. The Morgan fingerprint density at radius 2 is 2.18 bits per heavy atom. The van der Waals surface area contributed by atoms with Gasteiger partial charge in [-0.15, -0.1) is 0 Å². The Morgan fingerprint density at radius 3 is 2.64 bits per heavy atom. The van der Waals surface area contributed by atoms with E-state index in [2.05, 4.69) is 13.8 Å². The van der Waals surface area contributed by atoms with E-state index < -0.39 is 0 Å². The first-order valence-electron chi connectivity index (χ1n) is 4.53. The standard InChI is InChI=1S/C9H20N2/c1-7-5-9(2,6-10)4-3-8(7)11/h7-8H,3-6,10-11H2,1-2H3. The van der Waals surface area contributed by atoms with Crippen LogP contribution in [0.15, 0.2) is 0 Å². The van der Waals surface area contributed by atoms with Gasteiger partial charge in [0.25, 0.3) is 0 Å². The van der Waals surface area contributed by atoms with Crippen molar-refractivity contribution in [2.45, 2.75) is 39.2 Å². The number of hydrogen-bond acceptors (Lipinski definition) is 2. The Balaban J connectivity index is 2.51. The molecular weight excluding hydrogens is 136 g/mol. The van der Waals surface area contributed by atoms with Crippen LogP contribution < -0.4 is 11.5 Å². The average Bonchev–Trinajstić information content (AvgIpc) is 1.98. The van der Waals surface area contributed by atoms with Crippen LogP contribution in [-0.4, -0.2) is 12.6 Å². The fourth-order valence-corrected chi connectivity index (χ4v) is 2.02. The van der Waals surface area contributed by atoms with Crippen molar-refractivity contribution in [3.05, 3.63) is 0 Å². The van der Waals surface area contributed by atoms with E-state index in [0.29, 0.717) is 17.4 Å². The minimum absolute atomic E-state index is 0.370. The quantitative estimate of drug-likeness (QED) is 0.597. The summed E-state index contributed by atoms with van der Waals surface area (Å²) in [6, 6.07) is 0.412. The van der Waals surface area contributed by atoms with Gasteiger partial charge in [-0.05, 0) is 37.1 Å². The molecule has 4 N–H and O–H groups in total. The lowest BCUT2D eigenvalue weighted by molar-refractivity contribution is 0.156. The summed E-state index contributed by atoms with van der Waals surface area (Å²) in [4.78, 5) is 0. The van der Waals surface area contributed by atoms with Crippen LogP contribution in [0.2, 0.25) is 0 Å². The molecule has 3 unspecified atom stereocenters. The maximum Gasteiger partial charge on any atom is 0.00649 e. The number of rotatable bonds is 1. The lowest BCUT2D eigenvalue weighted by atomic mass is 9.69. The Morgan fingerprint density at radius 1 is 1.55 bits per heavy atom. The molecule has 0 saturated heterocycles. The van der Waals surface area contributed by atoms with Gasteiger partial charge in [-0.1, -0.05) is 13.8 Å². The zero-order valence-electron chi connectivity index (χ0n) is 7.64. The van der Waals surface area contributed by atoms with E-state index in [9.17, 15) is 0 Å². The maximum absolute atomic E-state index is 5.91. The summed E-state index contributed by atoms with van der Waals surface area (Å²) in [5, 5.41) is 0. The van der Waals surface area contributed by atoms with Crippen molar-refractivity contribution in [2.75, 3.05) is 6.54 Å². The maximum atomic E-state index is 5.91. The van der Waals surface area contributed by atoms with Crippen LogP contribution in [0.5, 0.6) is 0 Å². The highest BCUT2D eigenvalue weighted by molar-refractivity contribution is 4.87. The summed E-state index contributed by atoms with van der Waals surface area (Å²) >= 11 is 0. The lowest BCUT2D eigenvalue weighted by Gasteiger charge is -2.39. The second kappa shape index (κ2) is 3.11. The molecule has 1 saturated carbocycles. The van der Waals surface area contributed by atoms with Crippen molar-refractivity contribution >= 4 is 0 Å². The van der Waals surface area contributed by atoms with Crippen molar-refractivity contribution < 1.29 is 0 Å². The Bertz CT molecular complexity index is 136. The van der Waals surface area contributed by atoms with Gasteiger partial charge < -0.3 is 11.5 Å². The van der Waals surface area contributed by atoms with E-state index in [4.69, 9.17) is 11.5 Å². The molecule has 1 aliphatic rings. The molecule has 2 heteroatoms. The summed E-state index contributed by atoms with van der Waals surface area (Å²) in [6.07, 6.45) is 3.55. The normalized spacial score (nSPS) is 45.8. The summed E-state index contributed by atoms with van der Waals surface area (Å²) in [5.74, 6) is 0.650. The van der Waals surface area contributed by atoms with Gasteiger partial charge in [0.1, 0.15) is 0 Å². The molecule has 0 bridgehead atoms. The molecule has 2 nitrogen and oxygen atoms in total. The number of hydrogen-bond donors (Lipinski definition) is 2. The Hall–Kier alpha value is -0.0800. The van der Waals surface area contributed by atoms with Gasteiger partial charge in [-0.3, -0.25) is 0 Å². The third-order valence-corrected chi connectivity index (χ3v) is 3.12. The van der Waals surface area contributed by atoms with Crippen molar-refractivity contribution in [1.29, 1.82) is 0 Å². The second-order valence-corrected chi connectivity index (χ2v) is 4.40. The summed E-state index contributed by atoms with van der Waals surface area (Å²) in [7, 11) is 0. The predicted molar refractivity (Wildman–Crippen MR) is 48.2 cm³/mol. The van der Waals surface area contributed by atoms with E-state index in [1.165, 1.54) is 12.8 Å². The molecule has 11 heavy (non-hydrogen) atoms. The fraction of sp³-hybridized carbons (Fsp3) is 1.00. The van der Waals surface area contributed by atoms with Gasteiger partial charge in [-0.2, -0.15) is 0 Å². The molecule has 0 spiro atoms. The van der Waals surface area contributed by atoms with Crippen LogP contribution in [-0.2, 0) is 0 Å². The molecule has 1 fully saturated rings. The smallest absolute Gasteiger partial charge is 0.00649 e. The highest BCUT2D eigenvalue weighted by atomic mass is 14.7. The first kappa shape index (κ1) is 9.01. The van der Waals surface area contributed by atoms with Gasteiger partial charge in [-0.25, -0.2) is 0 Å². The van der Waals surface area contributed by atoms with E-state index in [1.54, 1.807) is 0 Å². The van der Waals surface area contributed by atoms with Crippen LogP contribution in [0.3, 0.4) is 0 Å². The minimum Gasteiger partial charge on any atom is -0.330 e. The van der Waals surface area contributed by atoms with E-state index in [-0.39, 0.29) is 0 Å². The van der Waals surface area contributed by atoms with Gasteiger partial charge in [0.2, 0.25) is 0 Å². The molecule has 0 heterocycles. The topological polar surface area (TPSA) is 52.0 Å². The largest absolute Gasteiger partial charge is 0.330 e. The van der Waals surface area contributed by atoms with Gasteiger partial charge in [0.15, 0.2) is 0 Å². The summed E-state index contributed by atoms with van der Waals surface area (Å²) in [5.41, 5.74) is 12.0. The summed E-state index contributed by atoms with van der Waals surface area (Å²) < 4.78 is 0. The highest BCUT2D eigenvalue weighted by Gasteiger charge is 2.32. The fourth-order valence-electron chi connectivity index (χ4n) is 2.02. The molecule has 0 aromatic carbocycles. The molecule has 0 amide bonds. The molecule has 0 radical (unpaired) electrons. The Labute approximate surface area is 69.3 Å². The third kappa shape index (κ3) is 1.94. The van der Waals surface area contributed by atoms with E-state index in [0.717, 1.165) is 13.0 Å². The molecular formula is C9H20N2. The minimum atomic E-state index is 0.370. The van der Waals surface area contributed by atoms with Gasteiger partial charge in [0.05, 0.1) is 0 Å². The zero-order valence-corrected chi connectivity index (χ0v) is 7.64. The second-order valence-electron chi connectivity index (χ2n) is 4.40. The van der Waals surface area contributed by atoms with Crippen molar-refractivity contribution in [2.24, 2.45) is 22.8 Å². The van der Waals surface area contributed by atoms with Crippen LogP contribution in [0.4, 0.5) is 0 Å². The molecule has 0 aliphatic heterocycles. The van der Waals surface area contributed by atoms with Crippen LogP contribution in [0, 0.1) is 11.3 Å². The monoisotopic (exact) mass is 156 g/mol. The van der Waals surface area contributed by atoms with Gasteiger partial charge >= 0.3 is 0 Å². The van der Waals surface area contributed by atoms with Gasteiger partial charge in [0, 0.05) is 6.04 Å². The first-order chi connectivity index (χ1) is 5.07. The van der Waals surface area contributed by atoms with E-state index >= 15 is 0 Å². The zero-order chi connectivity index (χ0) is 8.48. The lowest BCUT2D eigenvalue weighted by Crippen LogP contribution is -2.42.